The van der Waals surface area contributed by atoms with Gasteiger partial charge >= 0.3 is 24.0 Å². The molecule has 292 valence electrons. The summed E-state index contributed by atoms with van der Waals surface area (Å²) in [6.45, 7) is -0.930. The van der Waals surface area contributed by atoms with E-state index in [1.807, 2.05) is 48.5 Å². The molecule has 2 aromatic carbocycles. The predicted octanol–water partition coefficient (Wildman–Crippen LogP) is -1.57. The number of amides is 3. The van der Waals surface area contributed by atoms with Crippen LogP contribution >= 0.6 is 0 Å². The van der Waals surface area contributed by atoms with Gasteiger partial charge in [-0.2, -0.15) is 0 Å². The summed E-state index contributed by atoms with van der Waals surface area (Å²) in [5.41, 5.74) is 9.31. The molecule has 54 heavy (non-hydrogen) atoms. The maximum absolute atomic E-state index is 13.9. The van der Waals surface area contributed by atoms with Crippen LogP contribution in [0.25, 0.3) is 11.1 Å². The maximum Gasteiger partial charge on any atom is 0.410 e. The van der Waals surface area contributed by atoms with Gasteiger partial charge in [-0.3, -0.25) is 48.5 Å². The molecule has 5 rings (SSSR count). The van der Waals surface area contributed by atoms with Crippen LogP contribution in [0.3, 0.4) is 0 Å². The zero-order valence-electron chi connectivity index (χ0n) is 29.8. The average Bonchev–Trinajstić information content (AvgIpc) is 3.63. The standard InChI is InChI=1S/C36H47N7O11/c37-29(45)17-38-35(52)34-33(28(44)18-43(34)36(53)54-22-27-25-7-3-1-5-23(25)24-6-2-4-8-26(24)27)42-15-13-40(20-31(48)49)11-9-39(19-30(46)47)10-12-41(14-16-42)21-32(50)51/h1-8,27-28,33-34,44H,9-22H2,(H2,37,45)(H,38,52)(H,46,47)(H,48,49)(H,50,51)/t28-,33?,34-/m0/s1. The SMILES string of the molecule is NC(=O)CNC(=O)[C@@H]1C(N2CCN(CC(=O)O)CCN(CC(=O)O)CCN(CC(=O)O)CC2)[C@@H](O)CN1C(=O)OCC1c2ccccc2-c2ccccc21. The number of carboxylic acids is 3. The van der Waals surface area contributed by atoms with Crippen molar-refractivity contribution in [3.63, 3.8) is 0 Å². The number of fused-ring (bicyclic) bond motifs is 3. The molecule has 0 spiro atoms. The van der Waals surface area contributed by atoms with Crippen molar-refractivity contribution in [1.29, 1.82) is 0 Å². The third-order valence-corrected chi connectivity index (χ3v) is 10.1. The number of benzene rings is 2. The van der Waals surface area contributed by atoms with E-state index in [0.29, 0.717) is 0 Å². The second kappa shape index (κ2) is 18.3. The highest BCUT2D eigenvalue weighted by atomic mass is 16.6. The number of primary amides is 1. The maximum atomic E-state index is 13.9. The van der Waals surface area contributed by atoms with Crippen molar-refractivity contribution in [3.8, 4) is 11.1 Å². The highest BCUT2D eigenvalue weighted by Crippen LogP contribution is 2.44. The highest BCUT2D eigenvalue weighted by Gasteiger charge is 2.51. The molecule has 7 N–H and O–H groups in total. The van der Waals surface area contributed by atoms with Crippen LogP contribution in [0.2, 0.25) is 0 Å². The largest absolute Gasteiger partial charge is 0.480 e. The molecule has 0 aromatic heterocycles. The van der Waals surface area contributed by atoms with Crippen molar-refractivity contribution in [3.05, 3.63) is 59.7 Å². The van der Waals surface area contributed by atoms with E-state index in [0.717, 1.165) is 27.2 Å². The van der Waals surface area contributed by atoms with Crippen molar-refractivity contribution in [2.24, 2.45) is 5.73 Å². The number of rotatable bonds is 12. The van der Waals surface area contributed by atoms with E-state index < -0.39 is 60.5 Å². The second-order valence-electron chi connectivity index (χ2n) is 13.7. The molecular formula is C36H47N7O11. The van der Waals surface area contributed by atoms with Gasteiger partial charge in [-0.05, 0) is 22.3 Å². The second-order valence-corrected chi connectivity index (χ2v) is 13.7. The van der Waals surface area contributed by atoms with Gasteiger partial charge in [0.25, 0.3) is 0 Å². The third kappa shape index (κ3) is 10.1. The molecule has 0 bridgehead atoms. The summed E-state index contributed by atoms with van der Waals surface area (Å²) >= 11 is 0. The lowest BCUT2D eigenvalue weighted by Gasteiger charge is -2.38. The van der Waals surface area contributed by atoms with Crippen LogP contribution in [0.5, 0.6) is 0 Å². The minimum absolute atomic E-state index is 0.0589. The van der Waals surface area contributed by atoms with Gasteiger partial charge in [0, 0.05) is 58.3 Å². The van der Waals surface area contributed by atoms with Crippen LogP contribution in [-0.4, -0.2) is 191 Å². The number of aliphatic carboxylic acids is 3. The molecule has 2 aromatic rings. The minimum atomic E-state index is -1.38. The zero-order chi connectivity index (χ0) is 38.9. The summed E-state index contributed by atoms with van der Waals surface area (Å²) < 4.78 is 5.88. The van der Waals surface area contributed by atoms with E-state index in [4.69, 9.17) is 10.5 Å². The Labute approximate surface area is 311 Å². The summed E-state index contributed by atoms with van der Waals surface area (Å²) in [6, 6.07) is 13.1. The van der Waals surface area contributed by atoms with E-state index >= 15 is 0 Å². The highest BCUT2D eigenvalue weighted by molar-refractivity contribution is 5.90. The topological polar surface area (TPSA) is 247 Å². The molecular weight excluding hydrogens is 706 g/mol. The Hall–Kier alpha value is -5.14. The zero-order valence-corrected chi connectivity index (χ0v) is 29.8. The Balaban J connectivity index is 1.41. The van der Waals surface area contributed by atoms with Gasteiger partial charge in [0.1, 0.15) is 12.6 Å². The number of hydrogen-bond donors (Lipinski definition) is 6. The number of likely N-dealkylation sites (tertiary alicyclic amines) is 1. The quantitative estimate of drug-likeness (QED) is 0.143. The lowest BCUT2D eigenvalue weighted by atomic mass is 9.98. The Morgan fingerprint density at radius 2 is 1.15 bits per heavy atom. The van der Waals surface area contributed by atoms with Gasteiger partial charge in [-0.15, -0.1) is 0 Å². The van der Waals surface area contributed by atoms with E-state index in [-0.39, 0.29) is 91.1 Å². The van der Waals surface area contributed by atoms with E-state index in [9.17, 15) is 49.2 Å². The molecule has 0 saturated carbocycles. The molecule has 2 heterocycles. The number of carbonyl (C=O) groups is 6. The van der Waals surface area contributed by atoms with Crippen LogP contribution in [0.15, 0.2) is 48.5 Å². The monoisotopic (exact) mass is 753 g/mol. The number of ether oxygens (including phenoxy) is 1. The first-order chi connectivity index (χ1) is 25.8. The van der Waals surface area contributed by atoms with Crippen LogP contribution in [0, 0.1) is 0 Å². The number of aliphatic hydroxyl groups excluding tert-OH is 1. The average molecular weight is 754 g/mol. The molecule has 1 unspecified atom stereocenters. The molecule has 18 heteroatoms. The number of aliphatic hydroxyl groups is 1. The number of carbonyl (C=O) groups excluding carboxylic acids is 3. The van der Waals surface area contributed by atoms with Gasteiger partial charge in [-0.25, -0.2) is 4.79 Å². The van der Waals surface area contributed by atoms with Crippen molar-refractivity contribution in [2.45, 2.75) is 24.1 Å². The first-order valence-corrected chi connectivity index (χ1v) is 17.7. The number of hydrogen-bond acceptors (Lipinski definition) is 12. The molecule has 2 aliphatic heterocycles. The lowest BCUT2D eigenvalue weighted by molar-refractivity contribution is -0.140. The van der Waals surface area contributed by atoms with Crippen LogP contribution in [0.1, 0.15) is 17.0 Å². The molecule has 2 saturated heterocycles. The van der Waals surface area contributed by atoms with Crippen LogP contribution in [0.4, 0.5) is 4.79 Å². The Morgan fingerprint density at radius 1 is 0.704 bits per heavy atom. The number of carboxylic acid groups (broad SMARTS) is 3. The molecule has 3 aliphatic rings. The Morgan fingerprint density at radius 3 is 1.59 bits per heavy atom. The Bertz CT molecular complexity index is 1630. The number of nitrogens with two attached hydrogens (primary N) is 1. The molecule has 3 amide bonds. The van der Waals surface area contributed by atoms with Gasteiger partial charge in [0.05, 0.1) is 44.9 Å². The molecule has 1 aliphatic carbocycles. The normalized spacial score (nSPS) is 22.0. The molecule has 18 nitrogen and oxygen atoms in total. The van der Waals surface area contributed by atoms with E-state index in [2.05, 4.69) is 5.32 Å². The van der Waals surface area contributed by atoms with Crippen molar-refractivity contribution in [2.75, 3.05) is 91.7 Å². The number of nitrogens with zero attached hydrogens (tertiary/aromatic N) is 5. The van der Waals surface area contributed by atoms with Crippen molar-refractivity contribution >= 4 is 35.8 Å². The summed E-state index contributed by atoms with van der Waals surface area (Å²) in [7, 11) is 0. The number of nitrogens with one attached hydrogen (secondary N) is 1. The summed E-state index contributed by atoms with van der Waals surface area (Å²) in [5, 5.41) is 42.8. The van der Waals surface area contributed by atoms with E-state index in [1.54, 1.807) is 19.6 Å². The third-order valence-electron chi connectivity index (χ3n) is 10.1. The Kier molecular flexibility index (Phi) is 13.5. The van der Waals surface area contributed by atoms with E-state index in [1.165, 1.54) is 0 Å². The molecule has 2 fully saturated rings. The molecule has 0 radical (unpaired) electrons. The fourth-order valence-electron chi connectivity index (χ4n) is 7.60. The van der Waals surface area contributed by atoms with Gasteiger partial charge in [0.2, 0.25) is 11.8 Å². The number of β-amino-alcohol motifs (C(OH)–C–C–N with tert-alkyl or cyclic N) is 1. The predicted molar refractivity (Wildman–Crippen MR) is 191 cm³/mol. The van der Waals surface area contributed by atoms with Gasteiger partial charge < -0.3 is 36.2 Å². The van der Waals surface area contributed by atoms with Crippen molar-refractivity contribution in [1.82, 2.24) is 29.8 Å². The summed E-state index contributed by atoms with van der Waals surface area (Å²) in [6.07, 6.45) is -2.18. The first kappa shape index (κ1) is 40.1. The fraction of sp³-hybridized carbons (Fsp3) is 0.500. The lowest BCUT2D eigenvalue weighted by Crippen LogP contribution is -2.59. The smallest absolute Gasteiger partial charge is 0.410 e. The summed E-state index contributed by atoms with van der Waals surface area (Å²) in [5.74, 6) is -5.20. The van der Waals surface area contributed by atoms with Crippen molar-refractivity contribution < 1.29 is 53.9 Å². The summed E-state index contributed by atoms with van der Waals surface area (Å²) in [4.78, 5) is 82.2. The van der Waals surface area contributed by atoms with Gasteiger partial charge in [0.15, 0.2) is 0 Å². The fourth-order valence-corrected chi connectivity index (χ4v) is 7.60. The van der Waals surface area contributed by atoms with Crippen LogP contribution < -0.4 is 11.1 Å². The first-order valence-electron chi connectivity index (χ1n) is 17.7. The van der Waals surface area contributed by atoms with Gasteiger partial charge in [-0.1, -0.05) is 48.5 Å². The van der Waals surface area contributed by atoms with Crippen LogP contribution in [-0.2, 0) is 28.7 Å². The minimum Gasteiger partial charge on any atom is -0.480 e. The molecule has 3 atom stereocenters.